The minimum Gasteiger partial charge on any atom is -0.393 e. The van der Waals surface area contributed by atoms with Gasteiger partial charge in [0.05, 0.1) is 12.2 Å². The maximum absolute atomic E-state index is 11.6. The van der Waals surface area contributed by atoms with Crippen molar-refractivity contribution in [3.63, 3.8) is 0 Å². The number of aldehydes is 1. The SMILES string of the molecule is CC[C@H]1C(O)C2C3CC[C@H]([C@H](C)C=O)[C@@]3(C)CCC2[C@@]2(C)CC[C@@H](O)C[C@@H]12. The molecule has 4 unspecified atom stereocenters. The Labute approximate surface area is 165 Å². The number of aliphatic hydroxyl groups is 2. The van der Waals surface area contributed by atoms with Gasteiger partial charge in [-0.3, -0.25) is 0 Å². The van der Waals surface area contributed by atoms with Gasteiger partial charge in [-0.05, 0) is 91.3 Å². The highest BCUT2D eigenvalue weighted by molar-refractivity contribution is 5.53. The van der Waals surface area contributed by atoms with Gasteiger partial charge in [-0.15, -0.1) is 0 Å². The normalized spacial score (nSPS) is 55.9. The highest BCUT2D eigenvalue weighted by Crippen LogP contribution is 2.69. The molecule has 0 amide bonds. The highest BCUT2D eigenvalue weighted by Gasteiger charge is 2.64. The molecule has 4 fully saturated rings. The zero-order chi connectivity index (χ0) is 19.6. The van der Waals surface area contributed by atoms with Crippen molar-refractivity contribution in [1.82, 2.24) is 0 Å². The van der Waals surface area contributed by atoms with Gasteiger partial charge in [-0.2, -0.15) is 0 Å². The van der Waals surface area contributed by atoms with Gasteiger partial charge >= 0.3 is 0 Å². The Kier molecular flexibility index (Phi) is 5.03. The van der Waals surface area contributed by atoms with Crippen LogP contribution in [-0.4, -0.2) is 28.7 Å². The largest absolute Gasteiger partial charge is 0.393 e. The molecule has 11 atom stereocenters. The molecule has 4 rings (SSSR count). The first kappa shape index (κ1) is 19.9. The van der Waals surface area contributed by atoms with E-state index in [4.69, 9.17) is 0 Å². The second kappa shape index (κ2) is 6.83. The summed E-state index contributed by atoms with van der Waals surface area (Å²) in [7, 11) is 0. The maximum atomic E-state index is 11.6. The van der Waals surface area contributed by atoms with Crippen LogP contribution in [0.4, 0.5) is 0 Å². The topological polar surface area (TPSA) is 57.5 Å². The summed E-state index contributed by atoms with van der Waals surface area (Å²) in [5, 5.41) is 22.0. The lowest BCUT2D eigenvalue weighted by atomic mass is 9.41. The molecule has 0 aromatic rings. The molecule has 0 saturated heterocycles. The summed E-state index contributed by atoms with van der Waals surface area (Å²) < 4.78 is 0. The van der Waals surface area contributed by atoms with Crippen LogP contribution in [0, 0.1) is 52.3 Å². The molecule has 3 heteroatoms. The summed E-state index contributed by atoms with van der Waals surface area (Å²) in [5.74, 6) is 2.90. The fraction of sp³-hybridized carbons (Fsp3) is 0.958. The van der Waals surface area contributed by atoms with Gasteiger partial charge < -0.3 is 15.0 Å². The molecule has 0 heterocycles. The first-order chi connectivity index (χ1) is 12.8. The first-order valence-electron chi connectivity index (χ1n) is 11.6. The van der Waals surface area contributed by atoms with Crippen LogP contribution in [0.2, 0.25) is 0 Å². The second-order valence-corrected chi connectivity index (χ2v) is 11.1. The van der Waals surface area contributed by atoms with Crippen LogP contribution in [0.3, 0.4) is 0 Å². The quantitative estimate of drug-likeness (QED) is 0.716. The predicted molar refractivity (Wildman–Crippen MR) is 107 cm³/mol. The lowest BCUT2D eigenvalue weighted by Gasteiger charge is -2.64. The van der Waals surface area contributed by atoms with Crippen molar-refractivity contribution >= 4 is 6.29 Å². The van der Waals surface area contributed by atoms with E-state index in [0.29, 0.717) is 35.5 Å². The molecule has 0 aromatic carbocycles. The number of fused-ring (bicyclic) bond motifs is 5. The predicted octanol–water partition coefficient (Wildman–Crippen LogP) is 4.45. The molecule has 0 spiro atoms. The van der Waals surface area contributed by atoms with E-state index in [-0.39, 0.29) is 29.0 Å². The Morgan fingerprint density at radius 3 is 2.33 bits per heavy atom. The lowest BCUT2D eigenvalue weighted by molar-refractivity contribution is -0.203. The van der Waals surface area contributed by atoms with E-state index in [1.54, 1.807) is 0 Å². The summed E-state index contributed by atoms with van der Waals surface area (Å²) >= 11 is 0. The molecular formula is C24H40O3. The summed E-state index contributed by atoms with van der Waals surface area (Å²) in [4.78, 5) is 11.6. The van der Waals surface area contributed by atoms with Crippen molar-refractivity contribution in [1.29, 1.82) is 0 Å². The maximum Gasteiger partial charge on any atom is 0.123 e. The number of hydrogen-bond donors (Lipinski definition) is 2. The van der Waals surface area contributed by atoms with Gasteiger partial charge in [-0.1, -0.05) is 34.1 Å². The Morgan fingerprint density at radius 2 is 1.67 bits per heavy atom. The first-order valence-corrected chi connectivity index (χ1v) is 11.6. The molecule has 4 saturated carbocycles. The summed E-state index contributed by atoms with van der Waals surface area (Å²) in [6, 6.07) is 0. The van der Waals surface area contributed by atoms with Crippen molar-refractivity contribution < 1.29 is 15.0 Å². The Bertz CT molecular complexity index is 576. The molecule has 0 radical (unpaired) electrons. The number of carbonyl (C=O) groups excluding carboxylic acids is 1. The molecule has 4 aliphatic carbocycles. The minimum atomic E-state index is -0.238. The number of rotatable bonds is 3. The van der Waals surface area contributed by atoms with Crippen LogP contribution in [-0.2, 0) is 4.79 Å². The number of hydrogen-bond acceptors (Lipinski definition) is 3. The van der Waals surface area contributed by atoms with Gasteiger partial charge in [0, 0.05) is 5.92 Å². The van der Waals surface area contributed by atoms with Crippen molar-refractivity contribution in [3.8, 4) is 0 Å². The Morgan fingerprint density at radius 1 is 1.00 bits per heavy atom. The fourth-order valence-corrected chi connectivity index (χ4v) is 8.96. The minimum absolute atomic E-state index is 0.132. The number of carbonyl (C=O) groups is 1. The molecular weight excluding hydrogens is 336 g/mol. The van der Waals surface area contributed by atoms with Crippen LogP contribution >= 0.6 is 0 Å². The van der Waals surface area contributed by atoms with E-state index in [9.17, 15) is 15.0 Å². The molecule has 0 aromatic heterocycles. The Hall–Kier alpha value is -0.410. The standard InChI is InChI=1S/C24H40O3/c1-5-16-20-12-15(26)8-10-24(20,4)19-9-11-23(3)17(14(2)13-25)6-7-18(23)21(19)22(16)27/h13-22,26-27H,5-12H2,1-4H3/t14-,15-,16-,17-,18?,19?,20+,21?,22?,23-,24-/m1/s1. The molecule has 154 valence electrons. The lowest BCUT2D eigenvalue weighted by Crippen LogP contribution is -2.62. The van der Waals surface area contributed by atoms with Gasteiger partial charge in [-0.25, -0.2) is 0 Å². The van der Waals surface area contributed by atoms with Gasteiger partial charge in [0.25, 0.3) is 0 Å². The second-order valence-electron chi connectivity index (χ2n) is 11.1. The molecule has 27 heavy (non-hydrogen) atoms. The molecule has 0 aliphatic heterocycles. The fourth-order valence-electron chi connectivity index (χ4n) is 8.96. The zero-order valence-corrected chi connectivity index (χ0v) is 17.7. The van der Waals surface area contributed by atoms with E-state index < -0.39 is 0 Å². The van der Waals surface area contributed by atoms with E-state index in [1.807, 2.05) is 0 Å². The molecule has 2 N–H and O–H groups in total. The van der Waals surface area contributed by atoms with Gasteiger partial charge in [0.15, 0.2) is 0 Å². The molecule has 3 nitrogen and oxygen atoms in total. The van der Waals surface area contributed by atoms with Crippen LogP contribution in [0.1, 0.15) is 79.1 Å². The van der Waals surface area contributed by atoms with E-state index in [0.717, 1.165) is 38.4 Å². The van der Waals surface area contributed by atoms with Crippen molar-refractivity contribution in [2.24, 2.45) is 52.3 Å². The highest BCUT2D eigenvalue weighted by atomic mass is 16.3. The van der Waals surface area contributed by atoms with Crippen molar-refractivity contribution in [2.75, 3.05) is 0 Å². The van der Waals surface area contributed by atoms with E-state index in [1.165, 1.54) is 19.3 Å². The summed E-state index contributed by atoms with van der Waals surface area (Å²) in [6.45, 7) is 9.24. The summed E-state index contributed by atoms with van der Waals surface area (Å²) in [5.41, 5.74) is 0.470. The van der Waals surface area contributed by atoms with Crippen molar-refractivity contribution in [2.45, 2.75) is 91.3 Å². The average Bonchev–Trinajstić information content (AvgIpc) is 3.00. The zero-order valence-electron chi connectivity index (χ0n) is 17.7. The van der Waals surface area contributed by atoms with E-state index in [2.05, 4.69) is 27.7 Å². The van der Waals surface area contributed by atoms with Gasteiger partial charge in [0.1, 0.15) is 6.29 Å². The average molecular weight is 377 g/mol. The van der Waals surface area contributed by atoms with Crippen LogP contribution < -0.4 is 0 Å². The van der Waals surface area contributed by atoms with Gasteiger partial charge in [0.2, 0.25) is 0 Å². The Balaban J connectivity index is 1.70. The third kappa shape index (κ3) is 2.70. The molecule has 0 bridgehead atoms. The third-order valence-electron chi connectivity index (χ3n) is 10.3. The monoisotopic (exact) mass is 376 g/mol. The molecule has 4 aliphatic rings. The smallest absolute Gasteiger partial charge is 0.123 e. The number of aliphatic hydroxyl groups excluding tert-OH is 2. The van der Waals surface area contributed by atoms with Crippen LogP contribution in [0.25, 0.3) is 0 Å². The summed E-state index contributed by atoms with van der Waals surface area (Å²) in [6.07, 6.45) is 9.39. The third-order valence-corrected chi connectivity index (χ3v) is 10.3. The van der Waals surface area contributed by atoms with Crippen molar-refractivity contribution in [3.05, 3.63) is 0 Å². The van der Waals surface area contributed by atoms with Crippen LogP contribution in [0.5, 0.6) is 0 Å². The van der Waals surface area contributed by atoms with E-state index >= 15 is 0 Å². The van der Waals surface area contributed by atoms with Crippen LogP contribution in [0.15, 0.2) is 0 Å².